The second-order valence-electron chi connectivity index (χ2n) is 3.11. The minimum Gasteiger partial charge on any atom is -0.479 e. The van der Waals surface area contributed by atoms with E-state index in [1.54, 1.807) is 6.08 Å². The van der Waals surface area contributed by atoms with E-state index in [1.165, 1.54) is 0 Å². The normalized spacial score (nSPS) is 13.3. The second kappa shape index (κ2) is 8.90. The van der Waals surface area contributed by atoms with E-state index in [0.29, 0.717) is 6.61 Å². The van der Waals surface area contributed by atoms with E-state index in [4.69, 9.17) is 14.6 Å². The predicted octanol–water partition coefficient (Wildman–Crippen LogP) is 1.24. The Labute approximate surface area is 102 Å². The average Bonchev–Trinajstić information content (AvgIpc) is 2.24. The quantitative estimate of drug-likeness (QED) is 0.479. The van der Waals surface area contributed by atoms with Crippen LogP contribution in [0, 0.1) is 0 Å². The van der Waals surface area contributed by atoms with Crippen LogP contribution in [0.1, 0.15) is 0 Å². The Morgan fingerprint density at radius 2 is 1.78 bits per heavy atom. The van der Waals surface area contributed by atoms with Crippen LogP contribution in [0.15, 0.2) is 12.7 Å². The van der Waals surface area contributed by atoms with Gasteiger partial charge < -0.3 is 19.3 Å². The van der Waals surface area contributed by atoms with Crippen molar-refractivity contribution in [2.75, 3.05) is 33.0 Å². The summed E-state index contributed by atoms with van der Waals surface area (Å²) in [6.07, 6.45) is -6.21. The predicted molar refractivity (Wildman–Crippen MR) is 55.3 cm³/mol. The zero-order valence-corrected chi connectivity index (χ0v) is 9.61. The Bertz CT molecular complexity index is 254. The third-order valence-corrected chi connectivity index (χ3v) is 1.64. The molecule has 18 heavy (non-hydrogen) atoms. The van der Waals surface area contributed by atoms with Gasteiger partial charge in [-0.3, -0.25) is 0 Å². The summed E-state index contributed by atoms with van der Waals surface area (Å²) >= 11 is 0. The second-order valence-corrected chi connectivity index (χ2v) is 3.11. The molecule has 0 aromatic rings. The molecule has 0 aromatic carbocycles. The molecule has 8 heteroatoms. The number of carboxylic acid groups (broad SMARTS) is 1. The van der Waals surface area contributed by atoms with Gasteiger partial charge in [-0.1, -0.05) is 6.08 Å². The molecular formula is C10H15F3O5. The van der Waals surface area contributed by atoms with Crippen LogP contribution in [0.2, 0.25) is 0 Å². The minimum atomic E-state index is -4.93. The van der Waals surface area contributed by atoms with Gasteiger partial charge >= 0.3 is 12.1 Å². The highest BCUT2D eigenvalue weighted by Crippen LogP contribution is 2.22. The molecule has 0 aliphatic rings. The SMILES string of the molecule is C=CCOCCOCCOC(C(=O)O)C(F)(F)F. The highest BCUT2D eigenvalue weighted by molar-refractivity contribution is 5.73. The monoisotopic (exact) mass is 272 g/mol. The molecule has 0 spiro atoms. The molecule has 0 rings (SSSR count). The summed E-state index contributed by atoms with van der Waals surface area (Å²) < 4.78 is 50.3. The van der Waals surface area contributed by atoms with Gasteiger partial charge in [0.05, 0.1) is 33.0 Å². The van der Waals surface area contributed by atoms with E-state index in [1.807, 2.05) is 0 Å². The van der Waals surface area contributed by atoms with Crippen LogP contribution in [0.4, 0.5) is 13.2 Å². The van der Waals surface area contributed by atoms with E-state index in [9.17, 15) is 18.0 Å². The summed E-state index contributed by atoms with van der Waals surface area (Å²) in [5, 5.41) is 8.29. The first-order chi connectivity index (χ1) is 8.39. The van der Waals surface area contributed by atoms with Gasteiger partial charge in [-0.05, 0) is 0 Å². The molecular weight excluding hydrogens is 257 g/mol. The number of ether oxygens (including phenoxy) is 3. The van der Waals surface area contributed by atoms with E-state index < -0.39 is 24.9 Å². The largest absolute Gasteiger partial charge is 0.479 e. The number of aliphatic carboxylic acids is 1. The Kier molecular flexibility index (Phi) is 8.34. The first-order valence-electron chi connectivity index (χ1n) is 5.07. The van der Waals surface area contributed by atoms with Crippen LogP contribution in [-0.2, 0) is 19.0 Å². The molecule has 0 bridgehead atoms. The van der Waals surface area contributed by atoms with Crippen LogP contribution in [0.25, 0.3) is 0 Å². The van der Waals surface area contributed by atoms with E-state index in [-0.39, 0.29) is 19.8 Å². The maximum Gasteiger partial charge on any atom is 0.425 e. The summed E-state index contributed by atoms with van der Waals surface area (Å²) in [6, 6.07) is 0. The molecule has 0 radical (unpaired) electrons. The van der Waals surface area contributed by atoms with Crippen molar-refractivity contribution in [1.29, 1.82) is 0 Å². The summed E-state index contributed by atoms with van der Waals surface area (Å²) in [4.78, 5) is 10.3. The lowest BCUT2D eigenvalue weighted by molar-refractivity contribution is -0.229. The number of hydrogen-bond donors (Lipinski definition) is 1. The van der Waals surface area contributed by atoms with Crippen molar-refractivity contribution in [2.24, 2.45) is 0 Å². The molecule has 0 fully saturated rings. The number of rotatable bonds is 10. The van der Waals surface area contributed by atoms with Gasteiger partial charge in [0.25, 0.3) is 6.10 Å². The first kappa shape index (κ1) is 16.9. The summed E-state index contributed by atoms with van der Waals surface area (Å²) in [5.74, 6) is -2.07. The average molecular weight is 272 g/mol. The van der Waals surface area contributed by atoms with Crippen molar-refractivity contribution in [1.82, 2.24) is 0 Å². The van der Waals surface area contributed by atoms with Crippen molar-refractivity contribution < 1.29 is 37.3 Å². The van der Waals surface area contributed by atoms with Crippen LogP contribution >= 0.6 is 0 Å². The number of halogens is 3. The molecule has 0 saturated heterocycles. The Balaban J connectivity index is 3.63. The van der Waals surface area contributed by atoms with E-state index >= 15 is 0 Å². The topological polar surface area (TPSA) is 65.0 Å². The Morgan fingerprint density at radius 3 is 2.28 bits per heavy atom. The molecule has 0 amide bonds. The highest BCUT2D eigenvalue weighted by atomic mass is 19.4. The number of alkyl halides is 3. The van der Waals surface area contributed by atoms with Crippen molar-refractivity contribution in [2.45, 2.75) is 12.3 Å². The Hall–Kier alpha value is -1.12. The minimum absolute atomic E-state index is 0.142. The zero-order valence-electron chi connectivity index (χ0n) is 9.61. The molecule has 1 N–H and O–H groups in total. The van der Waals surface area contributed by atoms with Crippen LogP contribution in [-0.4, -0.2) is 56.4 Å². The van der Waals surface area contributed by atoms with Gasteiger partial charge in [0.1, 0.15) is 0 Å². The summed E-state index contributed by atoms with van der Waals surface area (Å²) in [7, 11) is 0. The van der Waals surface area contributed by atoms with Gasteiger partial charge in [-0.15, -0.1) is 6.58 Å². The molecule has 5 nitrogen and oxygen atoms in total. The van der Waals surface area contributed by atoms with Crippen LogP contribution < -0.4 is 0 Å². The maximum atomic E-state index is 12.1. The standard InChI is InChI=1S/C10H15F3O5/c1-2-3-16-4-5-17-6-7-18-8(9(14)15)10(11,12)13/h2,8H,1,3-7H2,(H,14,15). The number of carboxylic acids is 1. The first-order valence-corrected chi connectivity index (χ1v) is 5.07. The number of hydrogen-bond acceptors (Lipinski definition) is 4. The third kappa shape index (κ3) is 8.04. The van der Waals surface area contributed by atoms with Gasteiger partial charge in [-0.25, -0.2) is 4.79 Å². The molecule has 106 valence electrons. The van der Waals surface area contributed by atoms with Gasteiger partial charge in [0.15, 0.2) is 0 Å². The smallest absolute Gasteiger partial charge is 0.425 e. The zero-order chi connectivity index (χ0) is 14.0. The van der Waals surface area contributed by atoms with Crippen LogP contribution in [0.3, 0.4) is 0 Å². The van der Waals surface area contributed by atoms with Gasteiger partial charge in [0, 0.05) is 0 Å². The maximum absolute atomic E-state index is 12.1. The molecule has 0 heterocycles. The molecule has 0 aromatic heterocycles. The van der Waals surface area contributed by atoms with Crippen LogP contribution in [0.5, 0.6) is 0 Å². The van der Waals surface area contributed by atoms with Crippen molar-refractivity contribution in [3.8, 4) is 0 Å². The molecule has 1 atom stereocenters. The lowest BCUT2D eigenvalue weighted by Crippen LogP contribution is -2.39. The van der Waals surface area contributed by atoms with Crippen molar-refractivity contribution in [3.63, 3.8) is 0 Å². The van der Waals surface area contributed by atoms with Crippen molar-refractivity contribution >= 4 is 5.97 Å². The fourth-order valence-corrected chi connectivity index (χ4v) is 0.917. The lowest BCUT2D eigenvalue weighted by Gasteiger charge is -2.16. The Morgan fingerprint density at radius 1 is 1.22 bits per heavy atom. The highest BCUT2D eigenvalue weighted by Gasteiger charge is 2.46. The van der Waals surface area contributed by atoms with Crippen molar-refractivity contribution in [3.05, 3.63) is 12.7 Å². The van der Waals surface area contributed by atoms with Gasteiger partial charge in [-0.2, -0.15) is 13.2 Å². The van der Waals surface area contributed by atoms with Gasteiger partial charge in [0.2, 0.25) is 0 Å². The number of carbonyl (C=O) groups is 1. The molecule has 0 aliphatic heterocycles. The fraction of sp³-hybridized carbons (Fsp3) is 0.700. The van der Waals surface area contributed by atoms with E-state index in [2.05, 4.69) is 11.3 Å². The summed E-state index contributed by atoms with van der Waals surface area (Å²) in [6.45, 7) is 3.63. The molecule has 1 unspecified atom stereocenters. The fourth-order valence-electron chi connectivity index (χ4n) is 0.917. The summed E-state index contributed by atoms with van der Waals surface area (Å²) in [5.41, 5.74) is 0. The third-order valence-electron chi connectivity index (χ3n) is 1.64. The molecule has 0 aliphatic carbocycles. The van der Waals surface area contributed by atoms with E-state index in [0.717, 1.165) is 0 Å². The molecule has 0 saturated carbocycles. The lowest BCUT2D eigenvalue weighted by atomic mass is 10.3.